The lowest BCUT2D eigenvalue weighted by atomic mass is 9.67. The van der Waals surface area contributed by atoms with Crippen LogP contribution >= 0.6 is 0 Å². The van der Waals surface area contributed by atoms with E-state index in [4.69, 9.17) is 0 Å². The lowest BCUT2D eigenvalue weighted by Crippen LogP contribution is -2.28. The summed E-state index contributed by atoms with van der Waals surface area (Å²) in [6.07, 6.45) is 1.95. The van der Waals surface area contributed by atoms with Crippen LogP contribution in [0.15, 0.2) is 18.2 Å². The van der Waals surface area contributed by atoms with Crippen molar-refractivity contribution in [2.24, 2.45) is 0 Å². The lowest BCUT2D eigenvalue weighted by molar-refractivity contribution is -0.123. The second kappa shape index (κ2) is 4.35. The molecule has 0 spiro atoms. The molecule has 3 aliphatic carbocycles. The van der Waals surface area contributed by atoms with E-state index in [1.165, 1.54) is 10.6 Å². The molecule has 1 fully saturated rings. The summed E-state index contributed by atoms with van der Waals surface area (Å²) in [6, 6.07) is 4.53. The average molecular weight is 301 g/mol. The van der Waals surface area contributed by atoms with Crippen LogP contribution in [0.1, 0.15) is 47.8 Å². The number of ketones is 1. The maximum atomic E-state index is 13.8. The quantitative estimate of drug-likeness (QED) is 0.849. The van der Waals surface area contributed by atoms with Gasteiger partial charge in [-0.15, -0.1) is 0 Å². The fourth-order valence-corrected chi connectivity index (χ4v) is 3.86. The number of rotatable bonds is 1. The molecule has 4 nitrogen and oxygen atoms in total. The number of aryl methyl sites for hydroxylation is 1. The van der Waals surface area contributed by atoms with Crippen molar-refractivity contribution >= 4 is 5.78 Å². The van der Waals surface area contributed by atoms with Crippen LogP contribution in [0.5, 0.6) is 11.8 Å². The number of hydrogen-bond acceptors (Lipinski definition) is 3. The summed E-state index contributed by atoms with van der Waals surface area (Å²) >= 11 is 0. The number of carbonyl (C=O) groups excluding carboxylic acids is 1. The van der Waals surface area contributed by atoms with E-state index >= 15 is 0 Å². The molecule has 0 radical (unpaired) electrons. The molecule has 0 aliphatic heterocycles. The second-order valence-electron chi connectivity index (χ2n) is 6.24. The van der Waals surface area contributed by atoms with Gasteiger partial charge < -0.3 is 10.2 Å². The first-order valence-electron chi connectivity index (χ1n) is 7.44. The molecule has 5 rings (SSSR count). The number of carbonyl (C=O) groups is 1. The molecule has 1 aromatic carbocycles. The highest BCUT2D eigenvalue weighted by atomic mass is 19.1. The van der Waals surface area contributed by atoms with Crippen LogP contribution < -0.4 is 0 Å². The van der Waals surface area contributed by atoms with Gasteiger partial charge in [-0.1, -0.05) is 6.07 Å². The monoisotopic (exact) mass is 301 g/mol. The maximum absolute atomic E-state index is 13.8. The number of Topliss-reactive ketones (excluding diaryl/α,β-unsaturated/α-hetero) is 1. The van der Waals surface area contributed by atoms with Gasteiger partial charge in [0.2, 0.25) is 11.8 Å². The molecule has 0 amide bonds. The van der Waals surface area contributed by atoms with Gasteiger partial charge in [-0.25, -0.2) is 4.39 Å². The van der Waals surface area contributed by atoms with Crippen molar-refractivity contribution in [1.29, 1.82) is 0 Å². The number of fused-ring (bicyclic) bond motifs is 2. The van der Waals surface area contributed by atoms with E-state index in [1.807, 2.05) is 0 Å². The SMILES string of the molecule is Cc1ccc(-n2c(O)c3c(c2O)[C@@H]2CC[C@H]3CC2=O)cc1F. The Hall–Kier alpha value is -2.30. The maximum Gasteiger partial charge on any atom is 0.202 e. The summed E-state index contributed by atoms with van der Waals surface area (Å²) in [7, 11) is 0. The van der Waals surface area contributed by atoms with Crippen LogP contribution in [-0.2, 0) is 4.79 Å². The molecule has 2 N–H and O–H groups in total. The molecule has 1 saturated carbocycles. The number of aromatic hydroxyl groups is 2. The third-order valence-corrected chi connectivity index (χ3v) is 5.01. The van der Waals surface area contributed by atoms with Gasteiger partial charge in [0.25, 0.3) is 0 Å². The van der Waals surface area contributed by atoms with Gasteiger partial charge in [-0.2, -0.15) is 0 Å². The van der Waals surface area contributed by atoms with Crippen LogP contribution in [0.4, 0.5) is 4.39 Å². The van der Waals surface area contributed by atoms with Crippen LogP contribution in [0.3, 0.4) is 0 Å². The van der Waals surface area contributed by atoms with Crippen molar-refractivity contribution in [3.05, 3.63) is 40.7 Å². The van der Waals surface area contributed by atoms with Gasteiger partial charge in [0.15, 0.2) is 0 Å². The summed E-state index contributed by atoms with van der Waals surface area (Å²) in [5.41, 5.74) is 2.05. The van der Waals surface area contributed by atoms with Crippen LogP contribution in [-0.4, -0.2) is 20.6 Å². The van der Waals surface area contributed by atoms with Crippen molar-refractivity contribution in [2.45, 2.75) is 38.0 Å². The second-order valence-corrected chi connectivity index (χ2v) is 6.24. The number of benzene rings is 1. The van der Waals surface area contributed by atoms with E-state index < -0.39 is 5.82 Å². The van der Waals surface area contributed by atoms with Gasteiger partial charge in [0, 0.05) is 23.5 Å². The van der Waals surface area contributed by atoms with Crippen molar-refractivity contribution in [3.8, 4) is 17.4 Å². The number of halogens is 1. The topological polar surface area (TPSA) is 62.5 Å². The van der Waals surface area contributed by atoms with E-state index in [2.05, 4.69) is 0 Å². The highest BCUT2D eigenvalue weighted by molar-refractivity contribution is 5.91. The highest BCUT2D eigenvalue weighted by Gasteiger charge is 2.45. The number of aromatic nitrogens is 1. The normalized spacial score (nSPS) is 22.9. The molecular weight excluding hydrogens is 285 g/mol. The van der Waals surface area contributed by atoms with Gasteiger partial charge >= 0.3 is 0 Å². The zero-order chi connectivity index (χ0) is 15.6. The van der Waals surface area contributed by atoms with Gasteiger partial charge in [0.1, 0.15) is 11.6 Å². The molecule has 114 valence electrons. The van der Waals surface area contributed by atoms with E-state index in [1.54, 1.807) is 19.1 Å². The van der Waals surface area contributed by atoms with Crippen molar-refractivity contribution in [2.75, 3.05) is 0 Å². The summed E-state index contributed by atoms with van der Waals surface area (Å²) < 4.78 is 15.1. The summed E-state index contributed by atoms with van der Waals surface area (Å²) in [5.74, 6) is -0.887. The summed E-state index contributed by atoms with van der Waals surface area (Å²) in [5, 5.41) is 21.1. The van der Waals surface area contributed by atoms with Crippen molar-refractivity contribution in [3.63, 3.8) is 0 Å². The minimum atomic E-state index is -0.401. The first kappa shape index (κ1) is 13.4. The predicted molar refractivity (Wildman–Crippen MR) is 78.1 cm³/mol. The highest BCUT2D eigenvalue weighted by Crippen LogP contribution is 2.55. The first-order valence-corrected chi connectivity index (χ1v) is 7.44. The Morgan fingerprint density at radius 1 is 1.18 bits per heavy atom. The summed E-state index contributed by atoms with van der Waals surface area (Å²) in [4.78, 5) is 12.1. The van der Waals surface area contributed by atoms with Crippen LogP contribution in [0.2, 0.25) is 0 Å². The fraction of sp³-hybridized carbons (Fsp3) is 0.353. The Labute approximate surface area is 126 Å². The smallest absolute Gasteiger partial charge is 0.202 e. The van der Waals surface area contributed by atoms with Gasteiger partial charge in [-0.3, -0.25) is 9.36 Å². The Balaban J connectivity index is 1.96. The van der Waals surface area contributed by atoms with E-state index in [-0.39, 0.29) is 29.4 Å². The number of hydrogen-bond donors (Lipinski definition) is 2. The molecule has 22 heavy (non-hydrogen) atoms. The van der Waals surface area contributed by atoms with Gasteiger partial charge in [0.05, 0.1) is 5.69 Å². The number of nitrogens with zero attached hydrogens (tertiary/aromatic N) is 1. The first-order chi connectivity index (χ1) is 10.5. The molecule has 5 heteroatoms. The standard InChI is InChI=1S/C17H16FNO3/c1-8-2-4-10(7-12(8)18)19-16(21)14-9-3-5-11(13(20)6-9)15(14)17(19)22/h2,4,7,9,11,21-22H,3,5-6H2,1H3/t9-,11+/m0/s1. The van der Waals surface area contributed by atoms with Crippen LogP contribution in [0.25, 0.3) is 5.69 Å². The minimum Gasteiger partial charge on any atom is -0.494 e. The van der Waals surface area contributed by atoms with Gasteiger partial charge in [-0.05, 0) is 43.4 Å². The predicted octanol–water partition coefficient (Wildman–Crippen LogP) is 3.27. The molecule has 1 aromatic heterocycles. The van der Waals surface area contributed by atoms with Crippen molar-refractivity contribution in [1.82, 2.24) is 4.57 Å². The Morgan fingerprint density at radius 2 is 1.91 bits per heavy atom. The average Bonchev–Trinajstić information content (AvgIpc) is 2.76. The third kappa shape index (κ3) is 1.59. The molecule has 2 atom stereocenters. The molecule has 3 aliphatic rings. The Kier molecular flexibility index (Phi) is 2.64. The lowest BCUT2D eigenvalue weighted by Gasteiger charge is -2.34. The fourth-order valence-electron chi connectivity index (χ4n) is 3.86. The third-order valence-electron chi connectivity index (χ3n) is 5.01. The zero-order valence-corrected chi connectivity index (χ0v) is 12.1. The molecule has 0 unspecified atom stereocenters. The van der Waals surface area contributed by atoms with E-state index in [0.29, 0.717) is 35.2 Å². The molecule has 2 bridgehead atoms. The van der Waals surface area contributed by atoms with E-state index in [0.717, 1.165) is 6.42 Å². The molecule has 2 aromatic rings. The summed E-state index contributed by atoms with van der Waals surface area (Å²) in [6.45, 7) is 1.65. The Bertz CT molecular complexity index is 809. The molecule has 0 saturated heterocycles. The van der Waals surface area contributed by atoms with E-state index in [9.17, 15) is 19.4 Å². The zero-order valence-electron chi connectivity index (χ0n) is 12.1. The van der Waals surface area contributed by atoms with Crippen molar-refractivity contribution < 1.29 is 19.4 Å². The molecular formula is C17H16FNO3. The minimum absolute atomic E-state index is 0.0463. The Morgan fingerprint density at radius 3 is 2.59 bits per heavy atom. The molecule has 1 heterocycles. The largest absolute Gasteiger partial charge is 0.494 e. The van der Waals surface area contributed by atoms with Crippen LogP contribution in [0, 0.1) is 12.7 Å².